The van der Waals surface area contributed by atoms with Gasteiger partial charge in [-0.05, 0) is 26.0 Å². The van der Waals surface area contributed by atoms with Gasteiger partial charge in [0.05, 0.1) is 12.0 Å². The van der Waals surface area contributed by atoms with Gasteiger partial charge < -0.3 is 9.73 Å². The van der Waals surface area contributed by atoms with Crippen molar-refractivity contribution in [2.75, 3.05) is 6.54 Å². The van der Waals surface area contributed by atoms with E-state index < -0.39 is 0 Å². The summed E-state index contributed by atoms with van der Waals surface area (Å²) in [5.41, 5.74) is 2.18. The first-order valence-corrected chi connectivity index (χ1v) is 6.32. The monoisotopic (exact) mass is 236 g/mol. The Labute approximate surface area is 99.5 Å². The van der Waals surface area contributed by atoms with Crippen LogP contribution in [0.2, 0.25) is 0 Å². The van der Waals surface area contributed by atoms with Crippen molar-refractivity contribution in [1.29, 1.82) is 0 Å². The minimum atomic E-state index is 0.912. The van der Waals surface area contributed by atoms with E-state index >= 15 is 0 Å². The van der Waals surface area contributed by atoms with E-state index in [9.17, 15) is 0 Å². The number of nitrogens with one attached hydrogen (secondary N) is 1. The number of aromatic nitrogens is 1. The fourth-order valence-corrected chi connectivity index (χ4v) is 2.50. The Balaban J connectivity index is 2.10. The van der Waals surface area contributed by atoms with Crippen LogP contribution in [-0.4, -0.2) is 11.5 Å². The van der Waals surface area contributed by atoms with Gasteiger partial charge in [-0.25, -0.2) is 4.98 Å². The van der Waals surface area contributed by atoms with Crippen LogP contribution in [0.5, 0.6) is 0 Å². The molecule has 0 unspecified atom stereocenters. The number of hydrogen-bond acceptors (Lipinski definition) is 4. The Kier molecular flexibility index (Phi) is 3.74. The molecule has 0 atom stereocenters. The summed E-state index contributed by atoms with van der Waals surface area (Å²) >= 11 is 1.73. The van der Waals surface area contributed by atoms with Crippen LogP contribution in [-0.2, 0) is 6.54 Å². The summed E-state index contributed by atoms with van der Waals surface area (Å²) in [6.07, 6.45) is 4.58. The average molecular weight is 236 g/mol. The predicted molar refractivity (Wildman–Crippen MR) is 66.6 cm³/mol. The van der Waals surface area contributed by atoms with Crippen molar-refractivity contribution in [3.63, 3.8) is 0 Å². The molecule has 0 radical (unpaired) electrons. The molecule has 0 aliphatic rings. The summed E-state index contributed by atoms with van der Waals surface area (Å²) in [6, 6.07) is 1.95. The summed E-state index contributed by atoms with van der Waals surface area (Å²) in [5.74, 6) is 0. The summed E-state index contributed by atoms with van der Waals surface area (Å²) in [7, 11) is 0. The third-order valence-electron chi connectivity index (χ3n) is 2.37. The van der Waals surface area contributed by atoms with Gasteiger partial charge in [-0.2, -0.15) is 0 Å². The van der Waals surface area contributed by atoms with E-state index in [0.717, 1.165) is 35.8 Å². The molecule has 2 rings (SSSR count). The molecule has 2 heterocycles. The second kappa shape index (κ2) is 5.27. The van der Waals surface area contributed by atoms with Gasteiger partial charge in [0.25, 0.3) is 0 Å². The lowest BCUT2D eigenvalue weighted by Crippen LogP contribution is -2.13. The van der Waals surface area contributed by atoms with E-state index in [4.69, 9.17) is 4.42 Å². The molecule has 1 N–H and O–H groups in total. The third kappa shape index (κ3) is 2.51. The Morgan fingerprint density at radius 2 is 2.38 bits per heavy atom. The summed E-state index contributed by atoms with van der Waals surface area (Å²) in [4.78, 5) is 5.86. The first-order chi connectivity index (χ1) is 7.81. The Morgan fingerprint density at radius 3 is 3.06 bits per heavy atom. The molecule has 86 valence electrons. The Hall–Kier alpha value is -1.13. The fraction of sp³-hybridized carbons (Fsp3) is 0.417. The normalized spacial score (nSPS) is 10.9. The molecule has 0 bridgehead atoms. The van der Waals surface area contributed by atoms with Gasteiger partial charge in [-0.15, -0.1) is 11.3 Å². The molecule has 16 heavy (non-hydrogen) atoms. The van der Waals surface area contributed by atoms with Crippen LogP contribution >= 0.6 is 11.3 Å². The second-order valence-corrected chi connectivity index (χ2v) is 4.80. The fourth-order valence-electron chi connectivity index (χ4n) is 1.48. The van der Waals surface area contributed by atoms with Gasteiger partial charge in [0.15, 0.2) is 0 Å². The minimum Gasteiger partial charge on any atom is -0.472 e. The molecule has 4 heteroatoms. The van der Waals surface area contributed by atoms with Gasteiger partial charge in [0.2, 0.25) is 0 Å². The van der Waals surface area contributed by atoms with E-state index in [1.54, 1.807) is 23.9 Å². The van der Waals surface area contributed by atoms with Crippen molar-refractivity contribution < 1.29 is 4.42 Å². The quantitative estimate of drug-likeness (QED) is 0.810. The van der Waals surface area contributed by atoms with Crippen molar-refractivity contribution in [3.8, 4) is 10.6 Å². The van der Waals surface area contributed by atoms with E-state index in [1.807, 2.05) is 6.07 Å². The van der Waals surface area contributed by atoms with Crippen LogP contribution in [0.25, 0.3) is 10.6 Å². The van der Waals surface area contributed by atoms with Gasteiger partial charge in [0.1, 0.15) is 11.3 Å². The van der Waals surface area contributed by atoms with Crippen molar-refractivity contribution in [1.82, 2.24) is 10.3 Å². The van der Waals surface area contributed by atoms with Crippen LogP contribution in [0.15, 0.2) is 23.0 Å². The first kappa shape index (κ1) is 11.4. The smallest absolute Gasteiger partial charge is 0.127 e. The number of rotatable bonds is 5. The highest BCUT2D eigenvalue weighted by atomic mass is 32.1. The maximum absolute atomic E-state index is 5.07. The molecule has 0 spiro atoms. The summed E-state index contributed by atoms with van der Waals surface area (Å²) in [5, 5.41) is 4.44. The van der Waals surface area contributed by atoms with Crippen LogP contribution in [0.4, 0.5) is 0 Å². The van der Waals surface area contributed by atoms with E-state index in [1.165, 1.54) is 4.88 Å². The maximum Gasteiger partial charge on any atom is 0.127 e. The maximum atomic E-state index is 5.07. The molecule has 0 aliphatic heterocycles. The Bertz CT molecular complexity index is 434. The van der Waals surface area contributed by atoms with Crippen LogP contribution in [0.1, 0.15) is 23.9 Å². The molecule has 0 aliphatic carbocycles. The molecule has 0 aromatic carbocycles. The molecule has 0 saturated heterocycles. The highest BCUT2D eigenvalue weighted by Gasteiger charge is 2.09. The molecule has 3 nitrogen and oxygen atoms in total. The SMILES string of the molecule is CCCNCc1sc(-c2ccoc2)nc1C. The first-order valence-electron chi connectivity index (χ1n) is 5.51. The average Bonchev–Trinajstić information content (AvgIpc) is 2.88. The predicted octanol–water partition coefficient (Wildman–Crippen LogP) is 3.21. The van der Waals surface area contributed by atoms with E-state index in [2.05, 4.69) is 24.1 Å². The van der Waals surface area contributed by atoms with Gasteiger partial charge in [0, 0.05) is 17.0 Å². The molecule has 0 fully saturated rings. The number of nitrogens with zero attached hydrogens (tertiary/aromatic N) is 1. The largest absolute Gasteiger partial charge is 0.472 e. The van der Waals surface area contributed by atoms with E-state index in [-0.39, 0.29) is 0 Å². The van der Waals surface area contributed by atoms with Crippen LogP contribution in [0, 0.1) is 6.92 Å². The van der Waals surface area contributed by atoms with Crippen molar-refractivity contribution in [3.05, 3.63) is 29.2 Å². The second-order valence-electron chi connectivity index (χ2n) is 3.72. The van der Waals surface area contributed by atoms with Crippen molar-refractivity contribution in [2.24, 2.45) is 0 Å². The van der Waals surface area contributed by atoms with Gasteiger partial charge in [-0.3, -0.25) is 0 Å². The number of hydrogen-bond donors (Lipinski definition) is 1. The lowest BCUT2D eigenvalue weighted by molar-refractivity contribution is 0.568. The topological polar surface area (TPSA) is 38.1 Å². The standard InChI is InChI=1S/C12H16N2OS/c1-3-5-13-7-11-9(2)14-12(16-11)10-4-6-15-8-10/h4,6,8,13H,3,5,7H2,1-2H3. The number of aryl methyl sites for hydroxylation is 1. The van der Waals surface area contributed by atoms with Gasteiger partial charge >= 0.3 is 0 Å². The molecule has 0 amide bonds. The molecule has 2 aromatic rings. The molecular formula is C12H16N2OS. The summed E-state index contributed by atoms with van der Waals surface area (Å²) in [6.45, 7) is 6.19. The zero-order valence-electron chi connectivity index (χ0n) is 9.62. The van der Waals surface area contributed by atoms with Crippen molar-refractivity contribution >= 4 is 11.3 Å². The lowest BCUT2D eigenvalue weighted by atomic mass is 10.3. The zero-order valence-corrected chi connectivity index (χ0v) is 10.4. The zero-order chi connectivity index (χ0) is 11.4. The molecular weight excluding hydrogens is 220 g/mol. The van der Waals surface area contributed by atoms with Crippen molar-refractivity contribution in [2.45, 2.75) is 26.8 Å². The summed E-state index contributed by atoms with van der Waals surface area (Å²) < 4.78 is 5.07. The third-order valence-corrected chi connectivity index (χ3v) is 3.58. The van der Waals surface area contributed by atoms with Crippen LogP contribution in [0.3, 0.4) is 0 Å². The number of thiazole rings is 1. The minimum absolute atomic E-state index is 0.912. The Morgan fingerprint density at radius 1 is 1.50 bits per heavy atom. The highest BCUT2D eigenvalue weighted by molar-refractivity contribution is 7.15. The van der Waals surface area contributed by atoms with E-state index in [0.29, 0.717) is 0 Å². The lowest BCUT2D eigenvalue weighted by Gasteiger charge is -1.99. The molecule has 0 saturated carbocycles. The highest BCUT2D eigenvalue weighted by Crippen LogP contribution is 2.27. The number of furan rings is 1. The molecule has 2 aromatic heterocycles. The van der Waals surface area contributed by atoms with Crippen LogP contribution < -0.4 is 5.32 Å². The van der Waals surface area contributed by atoms with Gasteiger partial charge in [-0.1, -0.05) is 6.92 Å².